The number of carbonyl (C=O) groups is 3. The quantitative estimate of drug-likeness (QED) is 0.611. The number of hydrogen-bond acceptors (Lipinski definition) is 4. The van der Waals surface area contributed by atoms with Crippen molar-refractivity contribution in [3.8, 4) is 0 Å². The minimum atomic E-state index is -0.931. The van der Waals surface area contributed by atoms with Crippen molar-refractivity contribution in [1.29, 1.82) is 0 Å². The van der Waals surface area contributed by atoms with E-state index in [0.717, 1.165) is 43.7 Å². The van der Waals surface area contributed by atoms with Crippen LogP contribution in [0, 0.1) is 29.5 Å². The molecular weight excluding hydrogens is 385 g/mol. The third kappa shape index (κ3) is 2.94. The van der Waals surface area contributed by atoms with Crippen LogP contribution in [0.1, 0.15) is 32.6 Å². The average molecular weight is 411 g/mol. The lowest BCUT2D eigenvalue weighted by Crippen LogP contribution is -2.46. The van der Waals surface area contributed by atoms with Gasteiger partial charge in [-0.3, -0.25) is 19.3 Å². The first-order valence-electron chi connectivity index (χ1n) is 10.9. The van der Waals surface area contributed by atoms with Crippen LogP contribution in [-0.4, -0.2) is 41.8 Å². The zero-order chi connectivity index (χ0) is 21.0. The molecule has 0 radical (unpaired) electrons. The molecule has 5 atom stereocenters. The third-order valence-electron chi connectivity index (χ3n) is 7.18. The molecule has 30 heavy (non-hydrogen) atoms. The minimum Gasteiger partial charge on any atom is -0.369 e. The fourth-order valence-corrected chi connectivity index (χ4v) is 5.65. The fourth-order valence-electron chi connectivity index (χ4n) is 5.65. The Morgan fingerprint density at radius 3 is 2.30 bits per heavy atom. The summed E-state index contributed by atoms with van der Waals surface area (Å²) in [5.74, 6) is -1.82. The van der Waals surface area contributed by atoms with Crippen molar-refractivity contribution in [2.45, 2.75) is 38.6 Å². The number of nitrogens with one attached hydrogen (secondary N) is 1. The zero-order valence-electron chi connectivity index (χ0n) is 17.0. The molecular formula is C23H26FN3O3. The lowest BCUT2D eigenvalue weighted by molar-refractivity contribution is -0.146. The lowest BCUT2D eigenvalue weighted by atomic mass is 9.85. The van der Waals surface area contributed by atoms with Gasteiger partial charge in [-0.2, -0.15) is 0 Å². The van der Waals surface area contributed by atoms with E-state index in [0.29, 0.717) is 11.4 Å². The maximum absolute atomic E-state index is 14.6. The van der Waals surface area contributed by atoms with E-state index in [1.165, 1.54) is 6.07 Å². The van der Waals surface area contributed by atoms with Gasteiger partial charge in [0, 0.05) is 18.8 Å². The Kier molecular flexibility index (Phi) is 4.64. The number of carbonyl (C=O) groups excluding carboxylic acids is 3. The van der Waals surface area contributed by atoms with Crippen molar-refractivity contribution < 1.29 is 18.8 Å². The van der Waals surface area contributed by atoms with Gasteiger partial charge in [0.15, 0.2) is 0 Å². The zero-order valence-corrected chi connectivity index (χ0v) is 17.0. The average Bonchev–Trinajstić information content (AvgIpc) is 3.42. The van der Waals surface area contributed by atoms with Crippen molar-refractivity contribution in [2.24, 2.45) is 23.7 Å². The molecule has 2 heterocycles. The Hall–Kier alpha value is -2.70. The molecule has 5 rings (SSSR count). The largest absolute Gasteiger partial charge is 0.369 e. The van der Waals surface area contributed by atoms with Crippen LogP contribution in [0.25, 0.3) is 0 Å². The van der Waals surface area contributed by atoms with Gasteiger partial charge >= 0.3 is 0 Å². The van der Waals surface area contributed by atoms with Crippen LogP contribution in [-0.2, 0) is 14.4 Å². The van der Waals surface area contributed by atoms with Crippen LogP contribution in [0.4, 0.5) is 15.8 Å². The molecule has 4 aliphatic rings. The normalized spacial score (nSPS) is 30.7. The molecule has 6 nitrogen and oxygen atoms in total. The molecule has 2 bridgehead atoms. The number of rotatable bonds is 4. The number of likely N-dealkylation sites (tertiary alicyclic amines) is 1. The van der Waals surface area contributed by atoms with E-state index in [1.807, 2.05) is 17.1 Å². The SMILES string of the molecule is C[C@H](C(=O)Nc1ccc(N2CCCCC2)c(F)c1)N1C(=O)[C@H]2[C@H](C1=O)[C@H]1C=C[C@H]2C1. The molecule has 1 saturated carbocycles. The van der Waals surface area contributed by atoms with E-state index in [4.69, 9.17) is 0 Å². The van der Waals surface area contributed by atoms with Gasteiger partial charge in [0.2, 0.25) is 17.7 Å². The smallest absolute Gasteiger partial charge is 0.247 e. The first-order valence-corrected chi connectivity index (χ1v) is 10.9. The molecule has 0 spiro atoms. The molecule has 2 aliphatic carbocycles. The third-order valence-corrected chi connectivity index (χ3v) is 7.18. The summed E-state index contributed by atoms with van der Waals surface area (Å²) in [6, 6.07) is 3.73. The highest BCUT2D eigenvalue weighted by molar-refractivity contribution is 6.10. The second-order valence-corrected chi connectivity index (χ2v) is 8.93. The van der Waals surface area contributed by atoms with Crippen LogP contribution in [0.5, 0.6) is 0 Å². The molecule has 0 unspecified atom stereocenters. The molecule has 158 valence electrons. The molecule has 2 aliphatic heterocycles. The van der Waals surface area contributed by atoms with E-state index < -0.39 is 11.9 Å². The maximum Gasteiger partial charge on any atom is 0.247 e. The monoisotopic (exact) mass is 411 g/mol. The van der Waals surface area contributed by atoms with Gasteiger partial charge in [0.1, 0.15) is 11.9 Å². The number of amides is 3. The second kappa shape index (κ2) is 7.22. The van der Waals surface area contributed by atoms with Gasteiger partial charge in [0.25, 0.3) is 0 Å². The Labute approximate surface area is 175 Å². The van der Waals surface area contributed by atoms with Crippen molar-refractivity contribution >= 4 is 29.1 Å². The van der Waals surface area contributed by atoms with E-state index in [9.17, 15) is 18.8 Å². The highest BCUT2D eigenvalue weighted by Crippen LogP contribution is 2.52. The Balaban J connectivity index is 1.28. The molecule has 3 fully saturated rings. The number of benzene rings is 1. The molecule has 1 aromatic carbocycles. The molecule has 0 aromatic heterocycles. The van der Waals surface area contributed by atoms with E-state index in [1.54, 1.807) is 19.1 Å². The maximum atomic E-state index is 14.6. The van der Waals surface area contributed by atoms with Crippen LogP contribution >= 0.6 is 0 Å². The van der Waals surface area contributed by atoms with Gasteiger partial charge in [-0.15, -0.1) is 0 Å². The van der Waals surface area contributed by atoms with Crippen molar-refractivity contribution in [3.63, 3.8) is 0 Å². The number of fused-ring (bicyclic) bond motifs is 5. The van der Waals surface area contributed by atoms with Crippen LogP contribution < -0.4 is 10.2 Å². The number of imide groups is 1. The molecule has 7 heteroatoms. The lowest BCUT2D eigenvalue weighted by Gasteiger charge is -2.29. The Bertz CT molecular complexity index is 910. The number of allylic oxidation sites excluding steroid dienone is 2. The predicted molar refractivity (Wildman–Crippen MR) is 110 cm³/mol. The number of piperidine rings is 1. The van der Waals surface area contributed by atoms with Crippen molar-refractivity contribution in [3.05, 3.63) is 36.2 Å². The molecule has 1 N–H and O–H groups in total. The second-order valence-electron chi connectivity index (χ2n) is 8.93. The van der Waals surface area contributed by atoms with Gasteiger partial charge in [-0.25, -0.2) is 4.39 Å². The Morgan fingerprint density at radius 1 is 1.07 bits per heavy atom. The fraction of sp³-hybridized carbons (Fsp3) is 0.522. The van der Waals surface area contributed by atoms with Crippen LogP contribution in [0.2, 0.25) is 0 Å². The molecule has 2 saturated heterocycles. The number of halogens is 1. The molecule has 3 amide bonds. The van der Waals surface area contributed by atoms with Crippen molar-refractivity contribution in [1.82, 2.24) is 4.90 Å². The summed E-state index contributed by atoms with van der Waals surface area (Å²) in [6.45, 7) is 3.22. The van der Waals surface area contributed by atoms with Gasteiger partial charge in [-0.1, -0.05) is 12.2 Å². The summed E-state index contributed by atoms with van der Waals surface area (Å²) in [6.07, 6.45) is 8.16. The highest BCUT2D eigenvalue weighted by atomic mass is 19.1. The first-order chi connectivity index (χ1) is 14.5. The van der Waals surface area contributed by atoms with Gasteiger partial charge < -0.3 is 10.2 Å². The topological polar surface area (TPSA) is 69.7 Å². The van der Waals surface area contributed by atoms with E-state index in [2.05, 4.69) is 5.32 Å². The van der Waals surface area contributed by atoms with Crippen molar-refractivity contribution in [2.75, 3.05) is 23.3 Å². The minimum absolute atomic E-state index is 0.105. The number of hydrogen-bond donors (Lipinski definition) is 1. The number of nitrogens with zero attached hydrogens (tertiary/aromatic N) is 2. The predicted octanol–water partition coefficient (Wildman–Crippen LogP) is 2.95. The van der Waals surface area contributed by atoms with Crippen LogP contribution in [0.15, 0.2) is 30.4 Å². The summed E-state index contributed by atoms with van der Waals surface area (Å²) < 4.78 is 14.6. The van der Waals surface area contributed by atoms with Gasteiger partial charge in [-0.05, 0) is 62.6 Å². The molecule has 1 aromatic rings. The summed E-state index contributed by atoms with van der Waals surface area (Å²) in [4.78, 5) is 41.7. The highest BCUT2D eigenvalue weighted by Gasteiger charge is 2.60. The van der Waals surface area contributed by atoms with Crippen LogP contribution in [0.3, 0.4) is 0 Å². The standard InChI is InChI=1S/C23H26FN3O3/c1-13(27-22(29)19-14-5-6-15(11-14)20(19)23(27)30)21(28)25-16-7-8-18(17(24)12-16)26-9-3-2-4-10-26/h5-8,12-15,19-20H,2-4,9-11H2,1H3,(H,25,28)/t13-,14+,15+,19-,20-/m1/s1. The van der Waals surface area contributed by atoms with E-state index in [-0.39, 0.29) is 41.3 Å². The number of anilines is 2. The summed E-state index contributed by atoms with van der Waals surface area (Å²) >= 11 is 0. The summed E-state index contributed by atoms with van der Waals surface area (Å²) in [7, 11) is 0. The van der Waals surface area contributed by atoms with E-state index >= 15 is 0 Å². The summed E-state index contributed by atoms with van der Waals surface area (Å²) in [5.41, 5.74) is 0.868. The first kappa shape index (κ1) is 19.3. The summed E-state index contributed by atoms with van der Waals surface area (Å²) in [5, 5.41) is 2.68. The Morgan fingerprint density at radius 2 is 1.70 bits per heavy atom. The van der Waals surface area contributed by atoms with Gasteiger partial charge in [0.05, 0.1) is 17.5 Å².